The largest absolute Gasteiger partial charge is 0.504 e. The van der Waals surface area contributed by atoms with Crippen LogP contribution in [0.3, 0.4) is 0 Å². The molecule has 15 heavy (non-hydrogen) atoms. The van der Waals surface area contributed by atoms with E-state index < -0.39 is 0 Å². The predicted octanol–water partition coefficient (Wildman–Crippen LogP) is 1.37. The third-order valence-electron chi connectivity index (χ3n) is 2.09. The van der Waals surface area contributed by atoms with Crippen molar-refractivity contribution in [2.24, 2.45) is 0 Å². The van der Waals surface area contributed by atoms with Gasteiger partial charge in [-0.05, 0) is 12.1 Å². The van der Waals surface area contributed by atoms with Crippen LogP contribution in [0.15, 0.2) is 24.3 Å². The number of nitrogens with two attached hydrogens (primary N) is 1. The molecule has 0 amide bonds. The fourth-order valence-corrected chi connectivity index (χ4v) is 1.43. The average molecular weight is 205 g/mol. The van der Waals surface area contributed by atoms with Crippen molar-refractivity contribution < 1.29 is 9.84 Å². The number of H-pyrrole nitrogens is 1. The Balaban J connectivity index is 2.57. The highest BCUT2D eigenvalue weighted by atomic mass is 16.5. The standard InChI is InChI=1S/C10H11N3O2/c1-15-10-6(3-2-4-8(10)14)7-5-9(11)13-12-7/h2-5,14H,1H3,(H3,11,12,13). The Morgan fingerprint density at radius 2 is 2.27 bits per heavy atom. The first-order valence-electron chi connectivity index (χ1n) is 4.39. The molecule has 0 aliphatic rings. The molecule has 0 aliphatic heterocycles. The third-order valence-corrected chi connectivity index (χ3v) is 2.09. The van der Waals surface area contributed by atoms with Crippen LogP contribution >= 0.6 is 0 Å². The monoisotopic (exact) mass is 205 g/mol. The van der Waals surface area contributed by atoms with Crippen LogP contribution < -0.4 is 10.5 Å². The number of anilines is 1. The Morgan fingerprint density at radius 3 is 2.87 bits per heavy atom. The quantitative estimate of drug-likeness (QED) is 0.691. The summed E-state index contributed by atoms with van der Waals surface area (Å²) in [6, 6.07) is 6.77. The third kappa shape index (κ3) is 1.59. The Labute approximate surface area is 86.5 Å². The van der Waals surface area contributed by atoms with E-state index in [1.165, 1.54) is 7.11 Å². The van der Waals surface area contributed by atoms with Gasteiger partial charge in [-0.25, -0.2) is 0 Å². The molecule has 1 aromatic carbocycles. The van der Waals surface area contributed by atoms with Crippen molar-refractivity contribution in [2.75, 3.05) is 12.8 Å². The number of para-hydroxylation sites is 1. The summed E-state index contributed by atoms with van der Waals surface area (Å²) in [5.41, 5.74) is 6.93. The van der Waals surface area contributed by atoms with Crippen molar-refractivity contribution in [3.63, 3.8) is 0 Å². The molecule has 1 aromatic heterocycles. The number of nitrogen functional groups attached to an aromatic ring is 1. The minimum Gasteiger partial charge on any atom is -0.504 e. The number of aromatic nitrogens is 2. The zero-order chi connectivity index (χ0) is 10.8. The van der Waals surface area contributed by atoms with Crippen molar-refractivity contribution in [3.05, 3.63) is 24.3 Å². The zero-order valence-electron chi connectivity index (χ0n) is 8.19. The Morgan fingerprint density at radius 1 is 1.47 bits per heavy atom. The first-order valence-corrected chi connectivity index (χ1v) is 4.39. The van der Waals surface area contributed by atoms with E-state index in [9.17, 15) is 5.11 Å². The second-order valence-electron chi connectivity index (χ2n) is 3.06. The van der Waals surface area contributed by atoms with Crippen molar-refractivity contribution in [3.8, 4) is 22.8 Å². The maximum atomic E-state index is 9.57. The maximum Gasteiger partial charge on any atom is 0.169 e. The predicted molar refractivity (Wildman–Crippen MR) is 56.7 cm³/mol. The van der Waals surface area contributed by atoms with Gasteiger partial charge in [-0.15, -0.1) is 0 Å². The SMILES string of the molecule is COc1c(O)cccc1-c1cc(N)n[nH]1. The van der Waals surface area contributed by atoms with E-state index in [2.05, 4.69) is 10.2 Å². The molecule has 2 aromatic rings. The fourth-order valence-electron chi connectivity index (χ4n) is 1.43. The van der Waals surface area contributed by atoms with Gasteiger partial charge in [0.2, 0.25) is 0 Å². The number of methoxy groups -OCH3 is 1. The first kappa shape index (κ1) is 9.39. The number of aromatic hydroxyl groups is 1. The number of ether oxygens (including phenoxy) is 1. The van der Waals surface area contributed by atoms with Gasteiger partial charge < -0.3 is 15.6 Å². The summed E-state index contributed by atoms with van der Waals surface area (Å²) in [4.78, 5) is 0. The van der Waals surface area contributed by atoms with Crippen molar-refractivity contribution in [1.82, 2.24) is 10.2 Å². The van der Waals surface area contributed by atoms with Crippen molar-refractivity contribution in [2.45, 2.75) is 0 Å². The highest BCUT2D eigenvalue weighted by Crippen LogP contribution is 2.36. The van der Waals surface area contributed by atoms with Crippen LogP contribution in [0.5, 0.6) is 11.5 Å². The van der Waals surface area contributed by atoms with Crippen molar-refractivity contribution >= 4 is 5.82 Å². The number of nitrogens with one attached hydrogen (secondary N) is 1. The minimum atomic E-state index is 0.0863. The van der Waals surface area contributed by atoms with Crippen LogP contribution in [0.1, 0.15) is 0 Å². The van der Waals surface area contributed by atoms with Gasteiger partial charge in [0.15, 0.2) is 11.5 Å². The topological polar surface area (TPSA) is 84.2 Å². The van der Waals surface area contributed by atoms with Gasteiger partial charge >= 0.3 is 0 Å². The normalized spacial score (nSPS) is 10.2. The highest BCUT2D eigenvalue weighted by molar-refractivity contribution is 5.72. The number of rotatable bonds is 2. The molecule has 0 spiro atoms. The summed E-state index contributed by atoms with van der Waals surface area (Å²) in [5, 5.41) is 16.1. The van der Waals surface area contributed by atoms with E-state index in [0.29, 0.717) is 17.3 Å². The van der Waals surface area contributed by atoms with Crippen LogP contribution in [-0.2, 0) is 0 Å². The van der Waals surface area contributed by atoms with E-state index in [1.807, 2.05) is 6.07 Å². The lowest BCUT2D eigenvalue weighted by Gasteiger charge is -2.07. The summed E-state index contributed by atoms with van der Waals surface area (Å²) >= 11 is 0. The Kier molecular flexibility index (Phi) is 2.21. The molecule has 2 rings (SSSR count). The molecule has 78 valence electrons. The zero-order valence-corrected chi connectivity index (χ0v) is 8.19. The van der Waals surface area contributed by atoms with Gasteiger partial charge in [0.25, 0.3) is 0 Å². The van der Waals surface area contributed by atoms with E-state index in [1.54, 1.807) is 18.2 Å². The molecule has 0 bridgehead atoms. The van der Waals surface area contributed by atoms with Gasteiger partial charge in [-0.1, -0.05) is 6.07 Å². The van der Waals surface area contributed by atoms with E-state index in [4.69, 9.17) is 10.5 Å². The molecule has 4 N–H and O–H groups in total. The molecule has 0 aliphatic carbocycles. The van der Waals surface area contributed by atoms with E-state index in [0.717, 1.165) is 5.56 Å². The summed E-state index contributed by atoms with van der Waals surface area (Å²) in [7, 11) is 1.50. The van der Waals surface area contributed by atoms with Gasteiger partial charge in [0.05, 0.1) is 12.8 Å². The number of hydrogen-bond donors (Lipinski definition) is 3. The molecule has 0 saturated heterocycles. The number of aromatic amines is 1. The summed E-state index contributed by atoms with van der Waals surface area (Å²) in [6.07, 6.45) is 0. The minimum absolute atomic E-state index is 0.0863. The first-order chi connectivity index (χ1) is 7.22. The van der Waals surface area contributed by atoms with Gasteiger partial charge in [0.1, 0.15) is 5.82 Å². The molecule has 0 fully saturated rings. The van der Waals surface area contributed by atoms with Crippen LogP contribution in [0.4, 0.5) is 5.82 Å². The van der Waals surface area contributed by atoms with Crippen LogP contribution in [0.25, 0.3) is 11.3 Å². The highest BCUT2D eigenvalue weighted by Gasteiger charge is 2.11. The molecule has 5 heteroatoms. The van der Waals surface area contributed by atoms with Gasteiger partial charge in [0, 0.05) is 11.6 Å². The summed E-state index contributed by atoms with van der Waals surface area (Å²) < 4.78 is 5.10. The lowest BCUT2D eigenvalue weighted by molar-refractivity contribution is 0.375. The number of phenols is 1. The fraction of sp³-hybridized carbons (Fsp3) is 0.100. The number of benzene rings is 1. The second kappa shape index (κ2) is 3.53. The second-order valence-corrected chi connectivity index (χ2v) is 3.06. The Bertz CT molecular complexity index is 479. The smallest absolute Gasteiger partial charge is 0.169 e. The average Bonchev–Trinajstić information content (AvgIpc) is 2.64. The molecular formula is C10H11N3O2. The molecule has 0 atom stereocenters. The molecule has 1 heterocycles. The summed E-state index contributed by atoms with van der Waals surface area (Å²) in [5.74, 6) is 0.889. The van der Waals surface area contributed by atoms with Crippen LogP contribution in [0, 0.1) is 0 Å². The van der Waals surface area contributed by atoms with Crippen molar-refractivity contribution in [1.29, 1.82) is 0 Å². The molecule has 0 unspecified atom stereocenters. The van der Waals surface area contributed by atoms with Crippen LogP contribution in [0.2, 0.25) is 0 Å². The molecule has 5 nitrogen and oxygen atoms in total. The maximum absolute atomic E-state index is 9.57. The van der Waals surface area contributed by atoms with E-state index >= 15 is 0 Å². The number of phenolic OH excluding ortho intramolecular Hbond substituents is 1. The summed E-state index contributed by atoms with van der Waals surface area (Å²) in [6.45, 7) is 0. The number of nitrogens with zero attached hydrogens (tertiary/aromatic N) is 1. The molecule has 0 saturated carbocycles. The molecule has 0 radical (unpaired) electrons. The van der Waals surface area contributed by atoms with Gasteiger partial charge in [-0.2, -0.15) is 5.10 Å². The lowest BCUT2D eigenvalue weighted by Crippen LogP contribution is -1.88. The van der Waals surface area contributed by atoms with Crippen LogP contribution in [-0.4, -0.2) is 22.4 Å². The van der Waals surface area contributed by atoms with Gasteiger partial charge in [-0.3, -0.25) is 5.10 Å². The number of hydrogen-bond acceptors (Lipinski definition) is 4. The van der Waals surface area contributed by atoms with E-state index in [-0.39, 0.29) is 5.75 Å². The Hall–Kier alpha value is -2.17. The lowest BCUT2D eigenvalue weighted by atomic mass is 10.1. The molecular weight excluding hydrogens is 194 g/mol.